The Bertz CT molecular complexity index is 838. The number of piperidine rings is 1. The molecule has 1 aliphatic heterocycles. The fourth-order valence-corrected chi connectivity index (χ4v) is 3.14. The zero-order chi connectivity index (χ0) is 15.8. The number of rotatable bonds is 2. The second kappa shape index (κ2) is 5.53. The van der Waals surface area contributed by atoms with Gasteiger partial charge in [0.25, 0.3) is 5.91 Å². The van der Waals surface area contributed by atoms with Crippen molar-refractivity contribution in [2.75, 3.05) is 13.1 Å². The predicted molar refractivity (Wildman–Crippen MR) is 85.1 cm³/mol. The van der Waals surface area contributed by atoms with Crippen LogP contribution in [0.1, 0.15) is 35.1 Å². The summed E-state index contributed by atoms with van der Waals surface area (Å²) in [7, 11) is 0. The Morgan fingerprint density at radius 3 is 3.13 bits per heavy atom. The molecule has 3 aromatic rings. The van der Waals surface area contributed by atoms with Crippen LogP contribution in [0.3, 0.4) is 0 Å². The Morgan fingerprint density at radius 1 is 1.39 bits per heavy atom. The molecule has 4 heterocycles. The summed E-state index contributed by atoms with van der Waals surface area (Å²) in [4.78, 5) is 19.0. The van der Waals surface area contributed by atoms with Gasteiger partial charge in [-0.25, -0.2) is 4.98 Å². The molecule has 0 bridgehead atoms. The van der Waals surface area contributed by atoms with Crippen LogP contribution in [0, 0.1) is 6.92 Å². The number of pyridine rings is 1. The molecule has 1 fully saturated rings. The van der Waals surface area contributed by atoms with Gasteiger partial charge in [0.05, 0.1) is 6.04 Å². The Labute approximate surface area is 133 Å². The molecule has 1 atom stereocenters. The average molecular weight is 310 g/mol. The lowest BCUT2D eigenvalue weighted by molar-refractivity contribution is 0.0643. The summed E-state index contributed by atoms with van der Waals surface area (Å²) in [5.41, 5.74) is 2.29. The first-order valence-corrected chi connectivity index (χ1v) is 7.86. The average Bonchev–Trinajstić information content (AvgIpc) is 3.23. The summed E-state index contributed by atoms with van der Waals surface area (Å²) in [6.45, 7) is 3.33. The summed E-state index contributed by atoms with van der Waals surface area (Å²) < 4.78 is 7.62. The zero-order valence-electron chi connectivity index (χ0n) is 13.0. The molecular weight excluding hydrogens is 292 g/mol. The summed E-state index contributed by atoms with van der Waals surface area (Å²) in [6, 6.07) is 7.62. The summed E-state index contributed by atoms with van der Waals surface area (Å²) in [5, 5.41) is 4.30. The molecule has 0 saturated carbocycles. The van der Waals surface area contributed by atoms with E-state index in [1.54, 1.807) is 12.3 Å². The number of carbonyl (C=O) groups is 1. The molecule has 118 valence electrons. The third-order valence-electron chi connectivity index (χ3n) is 4.31. The highest BCUT2D eigenvalue weighted by Gasteiger charge is 2.27. The van der Waals surface area contributed by atoms with Crippen molar-refractivity contribution in [1.82, 2.24) is 19.7 Å². The highest BCUT2D eigenvalue weighted by molar-refractivity contribution is 5.95. The molecule has 0 unspecified atom stereocenters. The zero-order valence-corrected chi connectivity index (χ0v) is 13.0. The van der Waals surface area contributed by atoms with E-state index < -0.39 is 0 Å². The highest BCUT2D eigenvalue weighted by atomic mass is 16.3. The topological polar surface area (TPSA) is 64.2 Å². The number of fused-ring (bicyclic) bond motifs is 1. The number of aryl methyl sites for hydroxylation is 1. The van der Waals surface area contributed by atoms with Crippen molar-refractivity contribution in [2.24, 2.45) is 0 Å². The van der Waals surface area contributed by atoms with E-state index in [1.807, 2.05) is 40.9 Å². The molecule has 0 spiro atoms. The molecule has 4 rings (SSSR count). The van der Waals surface area contributed by atoms with Crippen LogP contribution in [0.5, 0.6) is 0 Å². The second-order valence-corrected chi connectivity index (χ2v) is 5.98. The molecule has 0 radical (unpaired) electrons. The van der Waals surface area contributed by atoms with Crippen LogP contribution in [0.2, 0.25) is 0 Å². The number of nitrogens with zero attached hydrogens (tertiary/aromatic N) is 4. The van der Waals surface area contributed by atoms with Gasteiger partial charge >= 0.3 is 0 Å². The molecule has 23 heavy (non-hydrogen) atoms. The lowest BCUT2D eigenvalue weighted by Gasteiger charge is -2.32. The number of amides is 1. The van der Waals surface area contributed by atoms with E-state index in [4.69, 9.17) is 4.42 Å². The molecule has 0 N–H and O–H groups in total. The van der Waals surface area contributed by atoms with Gasteiger partial charge in [-0.1, -0.05) is 0 Å². The first kappa shape index (κ1) is 14.0. The van der Waals surface area contributed by atoms with E-state index in [0.29, 0.717) is 17.9 Å². The van der Waals surface area contributed by atoms with Crippen molar-refractivity contribution in [2.45, 2.75) is 25.8 Å². The van der Waals surface area contributed by atoms with E-state index in [9.17, 15) is 4.79 Å². The molecule has 1 amide bonds. The van der Waals surface area contributed by atoms with Crippen molar-refractivity contribution in [3.05, 3.63) is 48.1 Å². The number of furan rings is 1. The Hall–Kier alpha value is -2.63. The Morgan fingerprint density at radius 2 is 2.30 bits per heavy atom. The number of likely N-dealkylation sites (tertiary alicyclic amines) is 1. The molecule has 0 aromatic carbocycles. The number of hydrogen-bond donors (Lipinski definition) is 0. The molecular formula is C17H18N4O2. The maximum Gasteiger partial charge on any atom is 0.289 e. The van der Waals surface area contributed by atoms with Crippen molar-refractivity contribution in [1.29, 1.82) is 0 Å². The van der Waals surface area contributed by atoms with Crippen molar-refractivity contribution in [3.63, 3.8) is 0 Å². The Balaban J connectivity index is 1.57. The summed E-state index contributed by atoms with van der Waals surface area (Å²) in [5.74, 6) is 0.289. The minimum absolute atomic E-state index is 0.0718. The van der Waals surface area contributed by atoms with E-state index in [1.165, 1.54) is 0 Å². The molecule has 0 aliphatic carbocycles. The number of hydrogen-bond acceptors (Lipinski definition) is 4. The largest absolute Gasteiger partial charge is 0.449 e. The van der Waals surface area contributed by atoms with Crippen LogP contribution >= 0.6 is 0 Å². The van der Waals surface area contributed by atoms with Crippen LogP contribution < -0.4 is 0 Å². The van der Waals surface area contributed by atoms with Gasteiger partial charge in [-0.15, -0.1) is 0 Å². The summed E-state index contributed by atoms with van der Waals surface area (Å²) >= 11 is 0. The maximum atomic E-state index is 12.7. The normalized spacial score (nSPS) is 18.5. The molecule has 1 aliphatic rings. The van der Waals surface area contributed by atoms with Gasteiger partial charge in [-0.05, 0) is 38.0 Å². The molecule has 1 saturated heterocycles. The van der Waals surface area contributed by atoms with Crippen LogP contribution in [-0.4, -0.2) is 38.7 Å². The van der Waals surface area contributed by atoms with Crippen LogP contribution in [-0.2, 0) is 0 Å². The van der Waals surface area contributed by atoms with Gasteiger partial charge in [0.15, 0.2) is 11.3 Å². The number of aromatic nitrogens is 3. The van der Waals surface area contributed by atoms with Gasteiger partial charge in [-0.3, -0.25) is 9.48 Å². The second-order valence-electron chi connectivity index (χ2n) is 5.98. The lowest BCUT2D eigenvalue weighted by atomic mass is 10.1. The first-order valence-electron chi connectivity index (χ1n) is 7.86. The fourth-order valence-electron chi connectivity index (χ4n) is 3.14. The van der Waals surface area contributed by atoms with Crippen LogP contribution in [0.4, 0.5) is 0 Å². The standard InChI is InChI=1S/C17H18N4O2/c1-12-5-6-15-14(19-12)10-16(23-15)17(22)20-8-2-4-13(11-20)21-9-3-7-18-21/h3,5-7,9-10,13H,2,4,8,11H2,1H3/t13-/m1/s1. The van der Waals surface area contributed by atoms with E-state index >= 15 is 0 Å². The monoisotopic (exact) mass is 310 g/mol. The number of carbonyl (C=O) groups excluding carboxylic acids is 1. The minimum Gasteiger partial charge on any atom is -0.449 e. The van der Waals surface area contributed by atoms with Crippen LogP contribution in [0.25, 0.3) is 11.1 Å². The van der Waals surface area contributed by atoms with Gasteiger partial charge in [0.2, 0.25) is 0 Å². The predicted octanol–water partition coefficient (Wildman–Crippen LogP) is 2.81. The van der Waals surface area contributed by atoms with Crippen LogP contribution in [0.15, 0.2) is 41.1 Å². The quantitative estimate of drug-likeness (QED) is 0.730. The van der Waals surface area contributed by atoms with Crippen molar-refractivity contribution >= 4 is 17.0 Å². The van der Waals surface area contributed by atoms with Gasteiger partial charge in [0, 0.05) is 37.2 Å². The molecule has 6 nitrogen and oxygen atoms in total. The third kappa shape index (κ3) is 2.60. The highest BCUT2D eigenvalue weighted by Crippen LogP contribution is 2.24. The SMILES string of the molecule is Cc1ccc2oc(C(=O)N3CCC[C@@H](n4cccn4)C3)cc2n1. The van der Waals surface area contributed by atoms with Crippen molar-refractivity contribution in [3.8, 4) is 0 Å². The fraction of sp³-hybridized carbons (Fsp3) is 0.353. The maximum absolute atomic E-state index is 12.7. The van der Waals surface area contributed by atoms with Crippen molar-refractivity contribution < 1.29 is 9.21 Å². The Kier molecular flexibility index (Phi) is 3.37. The smallest absolute Gasteiger partial charge is 0.289 e. The van der Waals surface area contributed by atoms with Gasteiger partial charge in [0.1, 0.15) is 5.52 Å². The van der Waals surface area contributed by atoms with Gasteiger partial charge in [-0.2, -0.15) is 5.10 Å². The minimum atomic E-state index is -0.0718. The van der Waals surface area contributed by atoms with E-state index in [0.717, 1.165) is 30.6 Å². The van der Waals surface area contributed by atoms with E-state index in [2.05, 4.69) is 10.1 Å². The molecule has 6 heteroatoms. The third-order valence-corrected chi connectivity index (χ3v) is 4.31. The molecule has 3 aromatic heterocycles. The van der Waals surface area contributed by atoms with E-state index in [-0.39, 0.29) is 11.9 Å². The van der Waals surface area contributed by atoms with Gasteiger partial charge < -0.3 is 9.32 Å². The first-order chi connectivity index (χ1) is 11.2. The summed E-state index contributed by atoms with van der Waals surface area (Å²) in [6.07, 6.45) is 5.72. The lowest BCUT2D eigenvalue weighted by Crippen LogP contribution is -2.40.